The number of benzene rings is 1. The quantitative estimate of drug-likeness (QED) is 0.263. The molecule has 3 amide bonds. The van der Waals surface area contributed by atoms with Crippen molar-refractivity contribution in [2.45, 2.75) is 18.9 Å². The minimum absolute atomic E-state index is 0.215. The van der Waals surface area contributed by atoms with Crippen molar-refractivity contribution in [2.75, 3.05) is 33.0 Å². The number of carbonyl (C=O) groups excluding carboxylic acids is 2. The monoisotopic (exact) mass is 464 g/mol. The number of piperidine rings is 1. The van der Waals surface area contributed by atoms with Gasteiger partial charge in [-0.3, -0.25) is 14.9 Å². The summed E-state index contributed by atoms with van der Waals surface area (Å²) in [5, 5.41) is 15.0. The van der Waals surface area contributed by atoms with Crippen LogP contribution in [0.4, 0.5) is 4.79 Å². The lowest BCUT2D eigenvalue weighted by Crippen LogP contribution is -2.41. The van der Waals surface area contributed by atoms with Crippen molar-refractivity contribution in [3.63, 3.8) is 0 Å². The number of imide groups is 1. The molecule has 1 fully saturated rings. The lowest BCUT2D eigenvalue weighted by Gasteiger charge is -2.23. The molecule has 176 valence electrons. The Morgan fingerprint density at radius 3 is 2.88 bits per heavy atom. The number of hydrogen-bond donors (Lipinski definition) is 3. The molecule has 3 N–H and O–H groups in total. The minimum atomic E-state index is -1.08. The number of carboxylic acid groups (broad SMARTS) is 1. The third kappa shape index (κ3) is 5.33. The molecular formula is C24H24N4O6. The van der Waals surface area contributed by atoms with E-state index in [0.717, 1.165) is 21.9 Å². The predicted molar refractivity (Wildman–Crippen MR) is 123 cm³/mol. The zero-order valence-corrected chi connectivity index (χ0v) is 18.4. The molecule has 4 rings (SSSR count). The zero-order valence-electron chi connectivity index (χ0n) is 18.4. The lowest BCUT2D eigenvalue weighted by atomic mass is 10.1. The normalized spacial score (nSPS) is 15.7. The van der Waals surface area contributed by atoms with Crippen molar-refractivity contribution in [1.82, 2.24) is 20.2 Å². The Labute approximate surface area is 195 Å². The highest BCUT2D eigenvalue weighted by Crippen LogP contribution is 2.33. The molecule has 0 radical (unpaired) electrons. The number of nitrogens with zero attached hydrogens (tertiary/aromatic N) is 2. The van der Waals surface area contributed by atoms with Gasteiger partial charge in [0, 0.05) is 35.5 Å². The Balaban J connectivity index is 1.45. The van der Waals surface area contributed by atoms with Crippen LogP contribution in [0.3, 0.4) is 0 Å². The largest absolute Gasteiger partial charge is 0.465 e. The van der Waals surface area contributed by atoms with Gasteiger partial charge in [-0.25, -0.2) is 9.78 Å². The van der Waals surface area contributed by atoms with Crippen LogP contribution in [-0.2, 0) is 19.1 Å². The van der Waals surface area contributed by atoms with Crippen LogP contribution in [0.15, 0.2) is 36.5 Å². The van der Waals surface area contributed by atoms with Crippen LogP contribution in [0.5, 0.6) is 0 Å². The van der Waals surface area contributed by atoms with E-state index in [9.17, 15) is 14.4 Å². The Morgan fingerprint density at radius 1 is 1.21 bits per heavy atom. The molecule has 0 bridgehead atoms. The van der Waals surface area contributed by atoms with Crippen LogP contribution in [-0.4, -0.2) is 65.5 Å². The zero-order chi connectivity index (χ0) is 23.9. The molecule has 0 saturated carbocycles. The molecule has 34 heavy (non-hydrogen) atoms. The van der Waals surface area contributed by atoms with Gasteiger partial charge in [-0.05, 0) is 30.7 Å². The van der Waals surface area contributed by atoms with Gasteiger partial charge in [-0.15, -0.1) is 0 Å². The second-order valence-corrected chi connectivity index (χ2v) is 7.64. The molecule has 1 atom stereocenters. The van der Waals surface area contributed by atoms with Crippen LogP contribution < -0.4 is 10.6 Å². The second-order valence-electron chi connectivity index (χ2n) is 7.64. The number of fused-ring (bicyclic) bond motifs is 3. The summed E-state index contributed by atoms with van der Waals surface area (Å²) in [5.41, 5.74) is 2.29. The first kappa shape index (κ1) is 23.2. The highest BCUT2D eigenvalue weighted by atomic mass is 16.5. The Bertz CT molecular complexity index is 1290. The van der Waals surface area contributed by atoms with Crippen LogP contribution in [0.1, 0.15) is 24.4 Å². The molecule has 0 aliphatic carbocycles. The van der Waals surface area contributed by atoms with E-state index in [-0.39, 0.29) is 38.0 Å². The van der Waals surface area contributed by atoms with E-state index < -0.39 is 12.1 Å². The van der Waals surface area contributed by atoms with E-state index in [2.05, 4.69) is 27.5 Å². The fraction of sp³-hybridized carbons (Fsp3) is 0.333. The fourth-order valence-corrected chi connectivity index (χ4v) is 3.91. The average molecular weight is 464 g/mol. The maximum Gasteiger partial charge on any atom is 0.404 e. The lowest BCUT2D eigenvalue weighted by molar-refractivity contribution is -0.135. The summed E-state index contributed by atoms with van der Waals surface area (Å²) >= 11 is 0. The smallest absolute Gasteiger partial charge is 0.404 e. The van der Waals surface area contributed by atoms with Crippen molar-refractivity contribution in [3.8, 4) is 11.8 Å². The van der Waals surface area contributed by atoms with Gasteiger partial charge < -0.3 is 24.5 Å². The van der Waals surface area contributed by atoms with Gasteiger partial charge in [0.25, 0.3) is 0 Å². The summed E-state index contributed by atoms with van der Waals surface area (Å²) in [5.74, 6) is 5.45. The first-order valence-corrected chi connectivity index (χ1v) is 10.9. The van der Waals surface area contributed by atoms with Crippen LogP contribution in [0.25, 0.3) is 21.9 Å². The summed E-state index contributed by atoms with van der Waals surface area (Å²) in [6.45, 7) is 1.40. The number of carbonyl (C=O) groups is 3. The first-order chi connectivity index (χ1) is 16.5. The van der Waals surface area contributed by atoms with E-state index in [0.29, 0.717) is 25.3 Å². The molecule has 1 saturated heterocycles. The van der Waals surface area contributed by atoms with Crippen molar-refractivity contribution in [1.29, 1.82) is 0 Å². The summed E-state index contributed by atoms with van der Waals surface area (Å²) in [4.78, 5) is 39.1. The Kier molecular flexibility index (Phi) is 7.37. The van der Waals surface area contributed by atoms with Gasteiger partial charge in [-0.1, -0.05) is 17.9 Å². The maximum atomic E-state index is 12.6. The number of rotatable bonds is 8. The van der Waals surface area contributed by atoms with E-state index in [1.165, 1.54) is 0 Å². The number of hydrogen-bond acceptors (Lipinski definition) is 6. The summed E-state index contributed by atoms with van der Waals surface area (Å²) in [7, 11) is 0. The third-order valence-electron chi connectivity index (χ3n) is 5.39. The van der Waals surface area contributed by atoms with E-state index >= 15 is 0 Å². The van der Waals surface area contributed by atoms with Crippen molar-refractivity contribution >= 4 is 39.8 Å². The molecule has 0 spiro atoms. The van der Waals surface area contributed by atoms with Gasteiger partial charge >= 0.3 is 6.09 Å². The molecular weight excluding hydrogens is 440 g/mol. The SMILES string of the molecule is O=C(O)NCCOCCOCC#Cc1ccc2c3cccnc3n([C@H]3CCC(=O)NC3=O)c2c1. The van der Waals surface area contributed by atoms with Gasteiger partial charge in [-0.2, -0.15) is 0 Å². The van der Waals surface area contributed by atoms with Gasteiger partial charge in [0.05, 0.1) is 25.3 Å². The van der Waals surface area contributed by atoms with Crippen molar-refractivity contribution < 1.29 is 29.0 Å². The molecule has 10 nitrogen and oxygen atoms in total. The highest BCUT2D eigenvalue weighted by Gasteiger charge is 2.30. The third-order valence-corrected chi connectivity index (χ3v) is 5.39. The molecule has 2 aromatic heterocycles. The topological polar surface area (TPSA) is 132 Å². The van der Waals surface area contributed by atoms with Crippen LogP contribution >= 0.6 is 0 Å². The van der Waals surface area contributed by atoms with E-state index in [1.807, 2.05) is 34.9 Å². The van der Waals surface area contributed by atoms with Crippen molar-refractivity contribution in [2.24, 2.45) is 0 Å². The number of pyridine rings is 1. The molecule has 10 heteroatoms. The minimum Gasteiger partial charge on any atom is -0.465 e. The van der Waals surface area contributed by atoms with Gasteiger partial charge in [0.2, 0.25) is 11.8 Å². The van der Waals surface area contributed by atoms with Crippen LogP contribution in [0.2, 0.25) is 0 Å². The average Bonchev–Trinajstić information content (AvgIpc) is 3.14. The summed E-state index contributed by atoms with van der Waals surface area (Å²) in [6.07, 6.45) is 1.30. The number of aromatic nitrogens is 2. The van der Waals surface area contributed by atoms with Crippen molar-refractivity contribution in [3.05, 3.63) is 42.1 Å². The predicted octanol–water partition coefficient (Wildman–Crippen LogP) is 1.82. The van der Waals surface area contributed by atoms with Crippen LogP contribution in [0, 0.1) is 11.8 Å². The second kappa shape index (κ2) is 10.8. The molecule has 1 aliphatic heterocycles. The highest BCUT2D eigenvalue weighted by molar-refractivity contribution is 6.09. The molecule has 1 aromatic carbocycles. The number of ether oxygens (including phenoxy) is 2. The molecule has 0 unspecified atom stereocenters. The molecule has 3 aromatic rings. The number of nitrogens with one attached hydrogen (secondary N) is 2. The molecule has 3 heterocycles. The van der Waals surface area contributed by atoms with Gasteiger partial charge in [0.1, 0.15) is 18.3 Å². The summed E-state index contributed by atoms with van der Waals surface area (Å²) < 4.78 is 12.6. The van der Waals surface area contributed by atoms with Gasteiger partial charge in [0.15, 0.2) is 0 Å². The Hall–Kier alpha value is -3.94. The molecule has 1 aliphatic rings. The van der Waals surface area contributed by atoms with E-state index in [4.69, 9.17) is 14.6 Å². The fourth-order valence-electron chi connectivity index (χ4n) is 3.91. The first-order valence-electron chi connectivity index (χ1n) is 10.9. The summed E-state index contributed by atoms with van der Waals surface area (Å²) in [6, 6.07) is 9.09. The number of amides is 3. The van der Waals surface area contributed by atoms with E-state index in [1.54, 1.807) is 6.20 Å². The standard InChI is InChI=1S/C24H24N4O6/c29-21-8-7-19(23(30)27-21)28-20-15-16(5-6-17(20)18-4-1-9-25-22(18)28)3-2-11-33-13-14-34-12-10-26-24(31)32/h1,4-6,9,15,19,26H,7-8,10-14H2,(H,31,32)(H,27,29,30)/t19-/m0/s1. The maximum absolute atomic E-state index is 12.6. The Morgan fingerprint density at radius 2 is 2.06 bits per heavy atom.